The van der Waals surface area contributed by atoms with Crippen LogP contribution in [0.2, 0.25) is 0 Å². The summed E-state index contributed by atoms with van der Waals surface area (Å²) in [6.45, 7) is 5.38. The molecule has 0 radical (unpaired) electrons. The molecule has 4 nitrogen and oxygen atoms in total. The van der Waals surface area contributed by atoms with Gasteiger partial charge in [-0.25, -0.2) is 4.79 Å². The van der Waals surface area contributed by atoms with Gasteiger partial charge in [-0.1, -0.05) is 6.92 Å². The second-order valence-corrected chi connectivity index (χ2v) is 5.37. The molecular formula is C13H23NO3. The van der Waals surface area contributed by atoms with E-state index in [0.29, 0.717) is 6.42 Å². The lowest BCUT2D eigenvalue weighted by Gasteiger charge is -2.24. The van der Waals surface area contributed by atoms with E-state index in [1.165, 1.54) is 19.4 Å². The maximum absolute atomic E-state index is 10.8. The topological polar surface area (TPSA) is 49.8 Å². The fourth-order valence-electron chi connectivity index (χ4n) is 2.55. The lowest BCUT2D eigenvalue weighted by molar-refractivity contribution is -0.149. The Kier molecular flexibility index (Phi) is 4.40. The summed E-state index contributed by atoms with van der Waals surface area (Å²) >= 11 is 0. The Bertz CT molecular complexity index is 265. The van der Waals surface area contributed by atoms with Crippen LogP contribution in [0.25, 0.3) is 0 Å². The van der Waals surface area contributed by atoms with E-state index in [-0.39, 0.29) is 6.10 Å². The third kappa shape index (κ3) is 3.96. The van der Waals surface area contributed by atoms with E-state index in [0.717, 1.165) is 31.8 Å². The average Bonchev–Trinajstić information content (AvgIpc) is 2.95. The highest BCUT2D eigenvalue weighted by Crippen LogP contribution is 2.30. The highest BCUT2D eigenvalue weighted by Gasteiger charge is 2.32. The highest BCUT2D eigenvalue weighted by atomic mass is 16.5. The number of carboxylic acids is 1. The molecule has 98 valence electrons. The van der Waals surface area contributed by atoms with Crippen molar-refractivity contribution in [2.24, 2.45) is 5.92 Å². The van der Waals surface area contributed by atoms with Gasteiger partial charge < -0.3 is 14.7 Å². The van der Waals surface area contributed by atoms with E-state index in [1.807, 2.05) is 0 Å². The van der Waals surface area contributed by atoms with Crippen molar-refractivity contribution in [1.82, 2.24) is 4.90 Å². The maximum atomic E-state index is 10.8. The molecule has 2 atom stereocenters. The van der Waals surface area contributed by atoms with Crippen LogP contribution in [0.3, 0.4) is 0 Å². The van der Waals surface area contributed by atoms with E-state index >= 15 is 0 Å². The van der Waals surface area contributed by atoms with Crippen molar-refractivity contribution in [1.29, 1.82) is 0 Å². The highest BCUT2D eigenvalue weighted by molar-refractivity contribution is 5.72. The first-order chi connectivity index (χ1) is 8.19. The molecule has 1 aliphatic carbocycles. The predicted octanol–water partition coefficient (Wildman–Crippen LogP) is 1.74. The molecule has 1 saturated heterocycles. The van der Waals surface area contributed by atoms with Crippen molar-refractivity contribution in [3.8, 4) is 0 Å². The standard InChI is InChI=1S/C13H23NO3/c1-2-7-14(8-10-3-4-10)9-11-5-6-12(17-11)13(15)16/h10-12H,2-9H2,1H3,(H,15,16). The SMILES string of the molecule is CCCN(CC1CC1)CC1CCC(C(=O)O)O1. The minimum Gasteiger partial charge on any atom is -0.479 e. The van der Waals surface area contributed by atoms with Crippen LogP contribution in [0.5, 0.6) is 0 Å². The van der Waals surface area contributed by atoms with E-state index in [4.69, 9.17) is 9.84 Å². The van der Waals surface area contributed by atoms with Crippen LogP contribution < -0.4 is 0 Å². The smallest absolute Gasteiger partial charge is 0.332 e. The summed E-state index contributed by atoms with van der Waals surface area (Å²) in [5, 5.41) is 8.89. The lowest BCUT2D eigenvalue weighted by atomic mass is 10.2. The summed E-state index contributed by atoms with van der Waals surface area (Å²) in [5.74, 6) is 0.0787. The zero-order valence-corrected chi connectivity index (χ0v) is 10.6. The molecule has 17 heavy (non-hydrogen) atoms. The first-order valence-corrected chi connectivity index (χ1v) is 6.79. The fraction of sp³-hybridized carbons (Fsp3) is 0.923. The summed E-state index contributed by atoms with van der Waals surface area (Å²) in [4.78, 5) is 13.3. The summed E-state index contributed by atoms with van der Waals surface area (Å²) < 4.78 is 5.56. The molecule has 2 fully saturated rings. The number of carboxylic acid groups (broad SMARTS) is 1. The Morgan fingerprint density at radius 3 is 2.59 bits per heavy atom. The first-order valence-electron chi connectivity index (χ1n) is 6.79. The van der Waals surface area contributed by atoms with Crippen LogP contribution in [0.15, 0.2) is 0 Å². The molecule has 1 saturated carbocycles. The third-order valence-electron chi connectivity index (χ3n) is 3.60. The third-order valence-corrected chi connectivity index (χ3v) is 3.60. The van der Waals surface area contributed by atoms with Gasteiger partial charge in [-0.3, -0.25) is 0 Å². The Labute approximate surface area is 103 Å². The maximum Gasteiger partial charge on any atom is 0.332 e. The van der Waals surface area contributed by atoms with Crippen molar-refractivity contribution in [2.75, 3.05) is 19.6 Å². The van der Waals surface area contributed by atoms with Crippen LogP contribution in [-0.2, 0) is 9.53 Å². The largest absolute Gasteiger partial charge is 0.479 e. The first kappa shape index (κ1) is 12.8. The molecule has 0 aromatic rings. The number of aliphatic carboxylic acids is 1. The Balaban J connectivity index is 1.75. The summed E-state index contributed by atoms with van der Waals surface area (Å²) in [6, 6.07) is 0. The minimum absolute atomic E-state index is 0.126. The van der Waals surface area contributed by atoms with Gasteiger partial charge in [-0.05, 0) is 44.6 Å². The molecule has 2 aliphatic rings. The Morgan fingerprint density at radius 2 is 2.06 bits per heavy atom. The van der Waals surface area contributed by atoms with Crippen LogP contribution in [0.1, 0.15) is 39.0 Å². The zero-order valence-electron chi connectivity index (χ0n) is 10.6. The monoisotopic (exact) mass is 241 g/mol. The van der Waals surface area contributed by atoms with Gasteiger partial charge in [0, 0.05) is 13.1 Å². The fourth-order valence-corrected chi connectivity index (χ4v) is 2.55. The number of ether oxygens (including phenoxy) is 1. The number of rotatable bonds is 7. The second-order valence-electron chi connectivity index (χ2n) is 5.37. The van der Waals surface area contributed by atoms with Gasteiger partial charge in [0.1, 0.15) is 0 Å². The minimum atomic E-state index is -0.809. The van der Waals surface area contributed by atoms with Gasteiger partial charge in [0.15, 0.2) is 6.10 Å². The van der Waals surface area contributed by atoms with Gasteiger partial charge >= 0.3 is 5.97 Å². The van der Waals surface area contributed by atoms with Crippen LogP contribution in [-0.4, -0.2) is 47.8 Å². The number of hydrogen-bond acceptors (Lipinski definition) is 3. The Morgan fingerprint density at radius 1 is 1.29 bits per heavy atom. The zero-order chi connectivity index (χ0) is 12.3. The number of hydrogen-bond donors (Lipinski definition) is 1. The molecule has 0 amide bonds. The van der Waals surface area contributed by atoms with E-state index in [9.17, 15) is 4.79 Å². The summed E-state index contributed by atoms with van der Waals surface area (Å²) in [6.07, 6.45) is 5.01. The molecule has 2 rings (SSSR count). The second kappa shape index (κ2) is 5.83. The van der Waals surface area contributed by atoms with E-state index in [2.05, 4.69) is 11.8 Å². The lowest BCUT2D eigenvalue weighted by Crippen LogP contribution is -2.35. The molecule has 0 spiro atoms. The summed E-state index contributed by atoms with van der Waals surface area (Å²) in [7, 11) is 0. The van der Waals surface area contributed by atoms with Crippen molar-refractivity contribution in [2.45, 2.75) is 51.2 Å². The van der Waals surface area contributed by atoms with Crippen molar-refractivity contribution < 1.29 is 14.6 Å². The van der Waals surface area contributed by atoms with Gasteiger partial charge in [0.2, 0.25) is 0 Å². The van der Waals surface area contributed by atoms with Gasteiger partial charge in [-0.15, -0.1) is 0 Å². The molecular weight excluding hydrogens is 218 g/mol. The molecule has 0 bridgehead atoms. The van der Waals surface area contributed by atoms with Gasteiger partial charge in [0.05, 0.1) is 6.10 Å². The van der Waals surface area contributed by atoms with Crippen molar-refractivity contribution >= 4 is 5.97 Å². The van der Waals surface area contributed by atoms with Crippen LogP contribution in [0, 0.1) is 5.92 Å². The average molecular weight is 241 g/mol. The van der Waals surface area contributed by atoms with E-state index < -0.39 is 12.1 Å². The van der Waals surface area contributed by atoms with Gasteiger partial charge in [-0.2, -0.15) is 0 Å². The number of nitrogens with zero attached hydrogens (tertiary/aromatic N) is 1. The molecule has 0 aromatic carbocycles. The molecule has 4 heteroatoms. The van der Waals surface area contributed by atoms with Crippen molar-refractivity contribution in [3.63, 3.8) is 0 Å². The molecule has 0 aromatic heterocycles. The predicted molar refractivity (Wildman–Crippen MR) is 65.0 cm³/mol. The quantitative estimate of drug-likeness (QED) is 0.737. The molecule has 1 heterocycles. The van der Waals surface area contributed by atoms with Gasteiger partial charge in [0.25, 0.3) is 0 Å². The van der Waals surface area contributed by atoms with E-state index in [1.54, 1.807) is 0 Å². The van der Waals surface area contributed by atoms with Crippen LogP contribution in [0.4, 0.5) is 0 Å². The molecule has 1 N–H and O–H groups in total. The molecule has 2 unspecified atom stereocenters. The number of carbonyl (C=O) groups is 1. The Hall–Kier alpha value is -0.610. The molecule has 1 aliphatic heterocycles. The summed E-state index contributed by atoms with van der Waals surface area (Å²) in [5.41, 5.74) is 0. The van der Waals surface area contributed by atoms with Crippen molar-refractivity contribution in [3.05, 3.63) is 0 Å². The normalized spacial score (nSPS) is 28.8. The van der Waals surface area contributed by atoms with Crippen LogP contribution >= 0.6 is 0 Å².